The summed E-state index contributed by atoms with van der Waals surface area (Å²) in [6.07, 6.45) is 3.27. The standard InChI is InChI=1S/C17H18N4OS/c1-17(2,3)14-11-23-16(19-14)20-15(22)12-9-18-21(10-12)13-7-5-4-6-8-13/h4-11H,1-3H3,(H,19,20,22). The second-order valence-corrected chi connectivity index (χ2v) is 7.11. The van der Waals surface area contributed by atoms with Gasteiger partial charge in [-0.15, -0.1) is 11.3 Å². The lowest BCUT2D eigenvalue weighted by atomic mass is 9.93. The number of rotatable bonds is 3. The minimum atomic E-state index is -0.206. The van der Waals surface area contributed by atoms with Crippen LogP contribution in [0.5, 0.6) is 0 Å². The third kappa shape index (κ3) is 3.48. The van der Waals surface area contributed by atoms with Crippen LogP contribution in [0.3, 0.4) is 0 Å². The fourth-order valence-electron chi connectivity index (χ4n) is 2.01. The van der Waals surface area contributed by atoms with Crippen LogP contribution in [0.25, 0.3) is 5.69 Å². The largest absolute Gasteiger partial charge is 0.298 e. The zero-order chi connectivity index (χ0) is 16.4. The number of benzene rings is 1. The van der Waals surface area contributed by atoms with E-state index in [9.17, 15) is 4.79 Å². The summed E-state index contributed by atoms with van der Waals surface area (Å²) in [5.74, 6) is -0.206. The summed E-state index contributed by atoms with van der Waals surface area (Å²) in [5.41, 5.74) is 2.35. The molecule has 1 N–H and O–H groups in total. The molecule has 1 amide bonds. The maximum Gasteiger partial charge on any atom is 0.260 e. The molecule has 3 aromatic rings. The molecule has 118 valence electrons. The third-order valence-electron chi connectivity index (χ3n) is 3.36. The van der Waals surface area contributed by atoms with Gasteiger partial charge in [-0.1, -0.05) is 39.0 Å². The molecule has 1 aromatic carbocycles. The van der Waals surface area contributed by atoms with Crippen LogP contribution in [0.1, 0.15) is 36.8 Å². The minimum absolute atomic E-state index is 0.0301. The van der Waals surface area contributed by atoms with Gasteiger partial charge in [0.15, 0.2) is 5.13 Å². The smallest absolute Gasteiger partial charge is 0.260 e. The van der Waals surface area contributed by atoms with Crippen LogP contribution in [0.2, 0.25) is 0 Å². The first-order valence-electron chi connectivity index (χ1n) is 7.31. The van der Waals surface area contributed by atoms with Crippen molar-refractivity contribution in [1.29, 1.82) is 0 Å². The number of amides is 1. The summed E-state index contributed by atoms with van der Waals surface area (Å²) in [7, 11) is 0. The molecule has 0 unspecified atom stereocenters. The summed E-state index contributed by atoms with van der Waals surface area (Å²) in [5, 5.41) is 9.64. The molecule has 0 aliphatic carbocycles. The maximum absolute atomic E-state index is 12.3. The average Bonchev–Trinajstić information content (AvgIpc) is 3.16. The van der Waals surface area contributed by atoms with E-state index in [4.69, 9.17) is 0 Å². The van der Waals surface area contributed by atoms with Crippen molar-refractivity contribution in [2.45, 2.75) is 26.2 Å². The Bertz CT molecular complexity index is 814. The second kappa shape index (κ2) is 5.96. The number of carbonyl (C=O) groups is 1. The van der Waals surface area contributed by atoms with Crippen LogP contribution >= 0.6 is 11.3 Å². The third-order valence-corrected chi connectivity index (χ3v) is 4.12. The van der Waals surface area contributed by atoms with Gasteiger partial charge < -0.3 is 0 Å². The number of aromatic nitrogens is 3. The molecule has 0 radical (unpaired) electrons. The van der Waals surface area contributed by atoms with Crippen LogP contribution in [-0.4, -0.2) is 20.7 Å². The van der Waals surface area contributed by atoms with Crippen LogP contribution in [-0.2, 0) is 5.41 Å². The molecular weight excluding hydrogens is 308 g/mol. The first-order valence-corrected chi connectivity index (χ1v) is 8.19. The molecule has 0 spiro atoms. The predicted octanol–water partition coefficient (Wildman–Crippen LogP) is 3.88. The number of para-hydroxylation sites is 1. The molecule has 0 saturated heterocycles. The van der Waals surface area contributed by atoms with E-state index in [1.807, 2.05) is 35.7 Å². The van der Waals surface area contributed by atoms with Crippen LogP contribution in [0.4, 0.5) is 5.13 Å². The highest BCUT2D eigenvalue weighted by molar-refractivity contribution is 7.14. The lowest BCUT2D eigenvalue weighted by Gasteiger charge is -2.14. The van der Waals surface area contributed by atoms with Gasteiger partial charge in [0.1, 0.15) is 0 Å². The first-order chi connectivity index (χ1) is 10.9. The van der Waals surface area contributed by atoms with E-state index < -0.39 is 0 Å². The second-order valence-electron chi connectivity index (χ2n) is 6.25. The molecule has 3 rings (SSSR count). The van der Waals surface area contributed by atoms with Crippen molar-refractivity contribution >= 4 is 22.4 Å². The van der Waals surface area contributed by atoms with Gasteiger partial charge in [0.25, 0.3) is 5.91 Å². The van der Waals surface area contributed by atoms with Crippen molar-refractivity contribution in [3.05, 3.63) is 59.4 Å². The first kappa shape index (κ1) is 15.4. The number of carbonyl (C=O) groups excluding carboxylic acids is 1. The van der Waals surface area contributed by atoms with E-state index in [0.717, 1.165) is 11.4 Å². The molecule has 0 saturated carbocycles. The van der Waals surface area contributed by atoms with Crippen molar-refractivity contribution < 1.29 is 4.79 Å². The molecule has 2 aromatic heterocycles. The summed E-state index contributed by atoms with van der Waals surface area (Å²) < 4.78 is 1.68. The number of hydrogen-bond donors (Lipinski definition) is 1. The Labute approximate surface area is 139 Å². The lowest BCUT2D eigenvalue weighted by molar-refractivity contribution is 0.102. The number of hydrogen-bond acceptors (Lipinski definition) is 4. The molecule has 0 aliphatic rings. The molecular formula is C17H18N4OS. The summed E-state index contributed by atoms with van der Waals surface area (Å²) in [6.45, 7) is 6.28. The Morgan fingerprint density at radius 1 is 1.22 bits per heavy atom. The topological polar surface area (TPSA) is 59.8 Å². The van der Waals surface area contributed by atoms with Crippen molar-refractivity contribution in [2.24, 2.45) is 0 Å². The average molecular weight is 326 g/mol. The molecule has 0 bridgehead atoms. The highest BCUT2D eigenvalue weighted by Crippen LogP contribution is 2.26. The quantitative estimate of drug-likeness (QED) is 0.794. The van der Waals surface area contributed by atoms with Crippen molar-refractivity contribution in [3.8, 4) is 5.69 Å². The van der Waals surface area contributed by atoms with E-state index in [2.05, 4.69) is 36.2 Å². The summed E-state index contributed by atoms with van der Waals surface area (Å²) >= 11 is 1.43. The lowest BCUT2D eigenvalue weighted by Crippen LogP contribution is -2.14. The van der Waals surface area contributed by atoms with Crippen molar-refractivity contribution in [2.75, 3.05) is 5.32 Å². The molecule has 0 aliphatic heterocycles. The minimum Gasteiger partial charge on any atom is -0.298 e. The Morgan fingerprint density at radius 3 is 2.61 bits per heavy atom. The molecule has 5 nitrogen and oxygen atoms in total. The number of anilines is 1. The molecule has 0 fully saturated rings. The van der Waals surface area contributed by atoms with E-state index in [1.165, 1.54) is 11.3 Å². The zero-order valence-corrected chi connectivity index (χ0v) is 14.1. The Hall–Kier alpha value is -2.47. The number of thiazole rings is 1. The van der Waals surface area contributed by atoms with Crippen LogP contribution in [0.15, 0.2) is 48.1 Å². The Morgan fingerprint density at radius 2 is 1.96 bits per heavy atom. The Balaban J connectivity index is 1.74. The molecule has 0 atom stereocenters. The summed E-state index contributed by atoms with van der Waals surface area (Å²) in [4.78, 5) is 16.8. The molecule has 6 heteroatoms. The van der Waals surface area contributed by atoms with E-state index >= 15 is 0 Å². The molecule has 2 heterocycles. The van der Waals surface area contributed by atoms with Gasteiger partial charge in [-0.2, -0.15) is 5.10 Å². The Kier molecular flexibility index (Phi) is 4.00. The maximum atomic E-state index is 12.3. The van der Waals surface area contributed by atoms with Crippen LogP contribution < -0.4 is 5.32 Å². The number of nitrogens with one attached hydrogen (secondary N) is 1. The van der Waals surface area contributed by atoms with Gasteiger partial charge in [0.2, 0.25) is 0 Å². The van der Waals surface area contributed by atoms with Gasteiger partial charge in [-0.05, 0) is 12.1 Å². The monoisotopic (exact) mass is 326 g/mol. The van der Waals surface area contributed by atoms with Gasteiger partial charge in [0, 0.05) is 17.0 Å². The van der Waals surface area contributed by atoms with Crippen LogP contribution in [0, 0.1) is 0 Å². The molecule has 23 heavy (non-hydrogen) atoms. The van der Waals surface area contributed by atoms with Gasteiger partial charge in [-0.3, -0.25) is 10.1 Å². The highest BCUT2D eigenvalue weighted by atomic mass is 32.1. The van der Waals surface area contributed by atoms with Crippen molar-refractivity contribution in [1.82, 2.24) is 14.8 Å². The fourth-order valence-corrected chi connectivity index (χ4v) is 2.94. The van der Waals surface area contributed by atoms with E-state index in [1.54, 1.807) is 17.1 Å². The zero-order valence-electron chi connectivity index (χ0n) is 13.3. The highest BCUT2D eigenvalue weighted by Gasteiger charge is 2.18. The SMILES string of the molecule is CC(C)(C)c1csc(NC(=O)c2cnn(-c3ccccc3)c2)n1. The van der Waals surface area contributed by atoms with Crippen molar-refractivity contribution in [3.63, 3.8) is 0 Å². The number of nitrogens with zero attached hydrogens (tertiary/aromatic N) is 3. The van der Waals surface area contributed by atoms with Gasteiger partial charge >= 0.3 is 0 Å². The van der Waals surface area contributed by atoms with Gasteiger partial charge in [0.05, 0.1) is 23.1 Å². The normalized spacial score (nSPS) is 11.4. The predicted molar refractivity (Wildman–Crippen MR) is 92.3 cm³/mol. The fraction of sp³-hybridized carbons (Fsp3) is 0.235. The van der Waals surface area contributed by atoms with E-state index in [0.29, 0.717) is 10.7 Å². The summed E-state index contributed by atoms with van der Waals surface area (Å²) in [6, 6.07) is 9.67. The van der Waals surface area contributed by atoms with E-state index in [-0.39, 0.29) is 11.3 Å². The van der Waals surface area contributed by atoms with Gasteiger partial charge in [-0.25, -0.2) is 9.67 Å².